The second-order valence-electron chi connectivity index (χ2n) is 0. The van der Waals surface area contributed by atoms with E-state index in [1.54, 1.807) is 0 Å². The van der Waals surface area contributed by atoms with Crippen molar-refractivity contribution in [3.63, 3.8) is 0 Å². The molecule has 0 bridgehead atoms. The predicted octanol–water partition coefficient (Wildman–Crippen LogP) is -1.77. The Morgan fingerprint density at radius 2 is 0.500 bits per heavy atom. The molecule has 0 aromatic rings. The average molecular weight is 260 g/mol. The van der Waals surface area contributed by atoms with E-state index in [0.717, 1.165) is 0 Å². The van der Waals surface area contributed by atoms with E-state index < -0.39 is 0 Å². The molecule has 65 valence electrons. The summed E-state index contributed by atoms with van der Waals surface area (Å²) in [7, 11) is 0. The van der Waals surface area contributed by atoms with Crippen LogP contribution in [0.15, 0.2) is 0 Å². The van der Waals surface area contributed by atoms with Crippen LogP contribution in [0.25, 0.3) is 0 Å². The average Bonchev–Trinajstić information content (AvgIpc) is 0. The molecule has 0 heterocycles. The van der Waals surface area contributed by atoms with Gasteiger partial charge in [-0.05, 0) is 0 Å². The van der Waals surface area contributed by atoms with Gasteiger partial charge >= 0.3 is 0 Å². The molecule has 8 heavy (non-hydrogen) atoms. The quantitative estimate of drug-likeness (QED) is 0.323. The molecular formula is H16Cl2N5Rh-. The molecule has 0 aliphatic carbocycles. The number of hydrogen-bond acceptors (Lipinski definition) is 5. The van der Waals surface area contributed by atoms with E-state index in [1.807, 2.05) is 0 Å². The molecule has 0 saturated carbocycles. The second kappa shape index (κ2) is 390. The summed E-state index contributed by atoms with van der Waals surface area (Å²) in [4.78, 5) is 0. The zero-order valence-electron chi connectivity index (χ0n) is 4.66. The fourth-order valence-corrected chi connectivity index (χ4v) is 0. The fraction of sp³-hybridized carbons (Fsp3) is 0. The molecule has 0 aliphatic rings. The maximum absolute atomic E-state index is 0. The Balaban J connectivity index is 0. The molecule has 0 unspecified atom stereocenters. The third kappa shape index (κ3) is 251. The van der Waals surface area contributed by atoms with Gasteiger partial charge in [0.05, 0.1) is 0 Å². The summed E-state index contributed by atoms with van der Waals surface area (Å²) < 4.78 is 0. The summed E-state index contributed by atoms with van der Waals surface area (Å²) in [6.45, 7) is 0. The largest absolute Gasteiger partial charge is 1.00 e. The van der Waals surface area contributed by atoms with E-state index >= 15 is 0 Å². The number of rotatable bonds is 0. The third-order valence-corrected chi connectivity index (χ3v) is 0. The van der Waals surface area contributed by atoms with Gasteiger partial charge in [0.2, 0.25) is 0 Å². The van der Waals surface area contributed by atoms with Crippen LogP contribution in [-0.4, -0.2) is 0 Å². The Kier molecular flexibility index (Phi) is 27900. The molecule has 0 aromatic heterocycles. The first-order chi connectivity index (χ1) is 0. The van der Waals surface area contributed by atoms with Gasteiger partial charge in [0.1, 0.15) is 0 Å². The van der Waals surface area contributed by atoms with Crippen molar-refractivity contribution in [2.24, 2.45) is 0 Å². The van der Waals surface area contributed by atoms with Crippen LogP contribution in [0, 0.1) is 0 Å². The van der Waals surface area contributed by atoms with E-state index in [-0.39, 0.29) is 75.0 Å². The Labute approximate surface area is 75.2 Å². The third-order valence-electron chi connectivity index (χ3n) is 0. The van der Waals surface area contributed by atoms with Crippen molar-refractivity contribution < 1.29 is 31.9 Å². The molecule has 0 atom stereocenters. The van der Waals surface area contributed by atoms with Gasteiger partial charge in [-0.3, -0.25) is 0 Å². The van der Waals surface area contributed by atoms with E-state index in [4.69, 9.17) is 0 Å². The minimum atomic E-state index is 0. The molecule has 0 amide bonds. The molecule has 0 fully saturated rings. The second-order valence-corrected chi connectivity index (χ2v) is 0. The van der Waals surface area contributed by atoms with Crippen molar-refractivity contribution in [3.8, 4) is 0 Å². The van der Waals surface area contributed by atoms with Crippen LogP contribution in [0.2, 0.25) is 0 Å². The monoisotopic (exact) mass is 259 g/mol. The van der Waals surface area contributed by atoms with Gasteiger partial charge in [0, 0.05) is 19.5 Å². The van der Waals surface area contributed by atoms with E-state index in [1.165, 1.54) is 0 Å². The minimum absolute atomic E-state index is 0. The maximum Gasteiger partial charge on any atom is 0 e. The van der Waals surface area contributed by atoms with Gasteiger partial charge in [-0.2, -0.15) is 0 Å². The first-order valence-corrected chi connectivity index (χ1v) is 0. The van der Waals surface area contributed by atoms with Crippen LogP contribution in [0.5, 0.6) is 0 Å². The molecule has 8 heteroatoms. The van der Waals surface area contributed by atoms with E-state index in [0.29, 0.717) is 0 Å². The van der Waals surface area contributed by atoms with Crippen molar-refractivity contribution in [2.75, 3.05) is 0 Å². The minimum Gasteiger partial charge on any atom is -1.00 e. The fourth-order valence-electron chi connectivity index (χ4n) is 0. The number of halogens is 2. The van der Waals surface area contributed by atoms with Gasteiger partial charge in [-0.25, -0.2) is 0 Å². The van der Waals surface area contributed by atoms with Gasteiger partial charge in [0.15, 0.2) is 0 Å². The van der Waals surface area contributed by atoms with Crippen LogP contribution in [0.4, 0.5) is 0 Å². The van der Waals surface area contributed by atoms with Crippen molar-refractivity contribution >= 4 is 12.4 Å². The van der Waals surface area contributed by atoms with Crippen LogP contribution in [0.1, 0.15) is 0 Å². The molecule has 0 aromatic carbocycles. The first kappa shape index (κ1) is 573. The molecule has 1 radical (unpaired) electrons. The zero-order chi connectivity index (χ0) is 0. The zero-order valence-corrected chi connectivity index (χ0v) is 7.87. The van der Waals surface area contributed by atoms with Crippen molar-refractivity contribution in [3.05, 3.63) is 0 Å². The Hall–Kier alpha value is 1.00. The van der Waals surface area contributed by atoms with Crippen LogP contribution >= 0.6 is 12.4 Å². The van der Waals surface area contributed by atoms with Gasteiger partial charge in [0.25, 0.3) is 0 Å². The SMILES string of the molecule is Cl.N.N.N.N.N.[Cl-].[Rh]. The van der Waals surface area contributed by atoms with Gasteiger partial charge in [-0.15, -0.1) is 12.4 Å². The van der Waals surface area contributed by atoms with E-state index in [2.05, 4.69) is 0 Å². The summed E-state index contributed by atoms with van der Waals surface area (Å²) >= 11 is 0. The molecular weight excluding hydrogens is 244 g/mol. The standard InChI is InChI=1S/2ClH.5H3N.Rh/h2*1H;5*1H3;/p-1. The normalized spacial score (nSPS) is 0. The molecule has 5 nitrogen and oxygen atoms in total. The van der Waals surface area contributed by atoms with Gasteiger partial charge < -0.3 is 43.2 Å². The first-order valence-electron chi connectivity index (χ1n) is 0. The molecule has 0 saturated heterocycles. The van der Waals surface area contributed by atoms with Crippen molar-refractivity contribution in [1.82, 2.24) is 30.8 Å². The summed E-state index contributed by atoms with van der Waals surface area (Å²) in [6.07, 6.45) is 0. The Bertz CT molecular complexity index is 10.4. The molecule has 0 spiro atoms. The molecule has 0 aliphatic heterocycles. The Morgan fingerprint density at radius 3 is 0.500 bits per heavy atom. The summed E-state index contributed by atoms with van der Waals surface area (Å²) in [5.74, 6) is 0. The molecule has 0 rings (SSSR count). The summed E-state index contributed by atoms with van der Waals surface area (Å²) in [6, 6.07) is 0. The number of hydrogen-bond donors (Lipinski definition) is 5. The van der Waals surface area contributed by atoms with E-state index in [9.17, 15) is 0 Å². The van der Waals surface area contributed by atoms with Crippen molar-refractivity contribution in [1.29, 1.82) is 0 Å². The topological polar surface area (TPSA) is 175 Å². The predicted molar refractivity (Wildman–Crippen MR) is 32.4 cm³/mol. The molecule has 15 N–H and O–H groups in total. The van der Waals surface area contributed by atoms with Gasteiger partial charge in [-0.1, -0.05) is 0 Å². The smallest absolute Gasteiger partial charge is 0 e. The van der Waals surface area contributed by atoms with Crippen LogP contribution in [-0.2, 0) is 19.5 Å². The summed E-state index contributed by atoms with van der Waals surface area (Å²) in [5.41, 5.74) is 0. The van der Waals surface area contributed by atoms with Crippen LogP contribution in [0.3, 0.4) is 0 Å². The van der Waals surface area contributed by atoms with Crippen molar-refractivity contribution in [2.45, 2.75) is 0 Å². The maximum atomic E-state index is 0. The van der Waals surface area contributed by atoms with Crippen LogP contribution < -0.4 is 43.2 Å². The summed E-state index contributed by atoms with van der Waals surface area (Å²) in [5, 5.41) is 0. The Morgan fingerprint density at radius 1 is 0.500 bits per heavy atom.